The van der Waals surface area contributed by atoms with Gasteiger partial charge in [0, 0.05) is 29.1 Å². The van der Waals surface area contributed by atoms with Crippen LogP contribution < -0.4 is 5.32 Å². The molecule has 0 saturated heterocycles. The van der Waals surface area contributed by atoms with Gasteiger partial charge in [0.2, 0.25) is 11.8 Å². The second-order valence-corrected chi connectivity index (χ2v) is 7.30. The molecule has 0 atom stereocenters. The Bertz CT molecular complexity index is 1370. The SMILES string of the molecule is Cc1cccc(-c2nnc(-c3ccc(C(=O)Nc4ccccc4-n4ccnc4)cc3)o2)c1. The van der Waals surface area contributed by atoms with Crippen molar-refractivity contribution in [1.29, 1.82) is 0 Å². The van der Waals surface area contributed by atoms with Crippen LogP contribution in [0.5, 0.6) is 0 Å². The van der Waals surface area contributed by atoms with Crippen LogP contribution in [0.4, 0.5) is 5.69 Å². The molecule has 7 heteroatoms. The maximum absolute atomic E-state index is 12.8. The van der Waals surface area contributed by atoms with Crippen LogP contribution in [0, 0.1) is 6.92 Å². The number of aryl methyl sites for hydroxylation is 1. The van der Waals surface area contributed by atoms with Crippen LogP contribution in [-0.4, -0.2) is 25.7 Å². The Morgan fingerprint density at radius 1 is 0.906 bits per heavy atom. The predicted molar refractivity (Wildman–Crippen MR) is 121 cm³/mol. The van der Waals surface area contributed by atoms with Crippen molar-refractivity contribution in [3.8, 4) is 28.6 Å². The molecule has 156 valence electrons. The lowest BCUT2D eigenvalue weighted by Gasteiger charge is -2.11. The van der Waals surface area contributed by atoms with Crippen LogP contribution in [0.1, 0.15) is 15.9 Å². The zero-order valence-corrected chi connectivity index (χ0v) is 17.3. The molecule has 0 spiro atoms. The topological polar surface area (TPSA) is 85.8 Å². The number of nitrogens with one attached hydrogen (secondary N) is 1. The summed E-state index contributed by atoms with van der Waals surface area (Å²) >= 11 is 0. The first-order valence-corrected chi connectivity index (χ1v) is 10.1. The van der Waals surface area contributed by atoms with E-state index < -0.39 is 0 Å². The molecular weight excluding hydrogens is 402 g/mol. The Kier molecular flexibility index (Phi) is 5.05. The molecule has 0 bridgehead atoms. The van der Waals surface area contributed by atoms with Gasteiger partial charge in [-0.15, -0.1) is 10.2 Å². The zero-order valence-electron chi connectivity index (χ0n) is 17.3. The third-order valence-electron chi connectivity index (χ3n) is 5.02. The quantitative estimate of drug-likeness (QED) is 0.424. The molecule has 1 amide bonds. The minimum absolute atomic E-state index is 0.213. The number of benzene rings is 3. The minimum Gasteiger partial charge on any atom is -0.416 e. The van der Waals surface area contributed by atoms with E-state index in [1.165, 1.54) is 0 Å². The van der Waals surface area contributed by atoms with Crippen LogP contribution in [0.2, 0.25) is 0 Å². The normalized spacial score (nSPS) is 10.8. The Hall–Kier alpha value is -4.52. The van der Waals surface area contributed by atoms with Gasteiger partial charge in [-0.3, -0.25) is 4.79 Å². The molecule has 3 aromatic carbocycles. The highest BCUT2D eigenvalue weighted by atomic mass is 16.4. The number of nitrogens with zero attached hydrogens (tertiary/aromatic N) is 4. The summed E-state index contributed by atoms with van der Waals surface area (Å²) in [6, 6.07) is 22.5. The third-order valence-corrected chi connectivity index (χ3v) is 5.02. The van der Waals surface area contributed by atoms with Gasteiger partial charge >= 0.3 is 0 Å². The van der Waals surface area contributed by atoms with Crippen molar-refractivity contribution >= 4 is 11.6 Å². The number of para-hydroxylation sites is 2. The fraction of sp³-hybridized carbons (Fsp3) is 0.0400. The molecular formula is C25H19N5O2. The molecule has 5 aromatic rings. The average Bonchev–Trinajstić information content (AvgIpc) is 3.52. The minimum atomic E-state index is -0.213. The van der Waals surface area contributed by atoms with Gasteiger partial charge in [-0.1, -0.05) is 29.8 Å². The van der Waals surface area contributed by atoms with Gasteiger partial charge in [-0.25, -0.2) is 4.98 Å². The summed E-state index contributed by atoms with van der Waals surface area (Å²) in [6.07, 6.45) is 5.21. The van der Waals surface area contributed by atoms with Crippen LogP contribution >= 0.6 is 0 Å². The molecule has 2 aromatic heterocycles. The van der Waals surface area contributed by atoms with Crippen molar-refractivity contribution in [3.63, 3.8) is 0 Å². The summed E-state index contributed by atoms with van der Waals surface area (Å²) < 4.78 is 7.68. The molecule has 0 unspecified atom stereocenters. The van der Waals surface area contributed by atoms with Crippen LogP contribution in [0.15, 0.2) is 95.9 Å². The number of anilines is 1. The van der Waals surface area contributed by atoms with Crippen molar-refractivity contribution in [1.82, 2.24) is 19.7 Å². The first-order chi connectivity index (χ1) is 15.7. The second-order valence-electron chi connectivity index (χ2n) is 7.30. The summed E-state index contributed by atoms with van der Waals surface area (Å²) in [4.78, 5) is 16.9. The summed E-state index contributed by atoms with van der Waals surface area (Å²) in [7, 11) is 0. The van der Waals surface area contributed by atoms with Gasteiger partial charge in [0.25, 0.3) is 5.91 Å². The number of hydrogen-bond acceptors (Lipinski definition) is 5. The number of amides is 1. The van der Waals surface area contributed by atoms with E-state index >= 15 is 0 Å². The zero-order chi connectivity index (χ0) is 21.9. The monoisotopic (exact) mass is 421 g/mol. The van der Waals surface area contributed by atoms with Crippen LogP contribution in [-0.2, 0) is 0 Å². The van der Waals surface area contributed by atoms with E-state index in [4.69, 9.17) is 4.42 Å². The molecule has 1 N–H and O–H groups in total. The number of aromatic nitrogens is 4. The van der Waals surface area contributed by atoms with Crippen LogP contribution in [0.3, 0.4) is 0 Å². The van der Waals surface area contributed by atoms with Crippen molar-refractivity contribution in [2.24, 2.45) is 0 Å². The Morgan fingerprint density at radius 3 is 2.44 bits per heavy atom. The number of rotatable bonds is 5. The smallest absolute Gasteiger partial charge is 0.255 e. The lowest BCUT2D eigenvalue weighted by atomic mass is 10.1. The van der Waals surface area contributed by atoms with E-state index in [9.17, 15) is 4.79 Å². The van der Waals surface area contributed by atoms with Crippen molar-refractivity contribution in [3.05, 3.63) is 103 Å². The Morgan fingerprint density at radius 2 is 1.69 bits per heavy atom. The molecule has 0 radical (unpaired) electrons. The maximum atomic E-state index is 12.8. The van der Waals surface area contributed by atoms with Crippen molar-refractivity contribution in [2.45, 2.75) is 6.92 Å². The molecule has 0 aliphatic carbocycles. The Labute approximate surface area is 184 Å². The first kappa shape index (κ1) is 19.4. The molecule has 7 nitrogen and oxygen atoms in total. The first-order valence-electron chi connectivity index (χ1n) is 10.1. The largest absolute Gasteiger partial charge is 0.416 e. The molecule has 0 fully saturated rings. The van der Waals surface area contributed by atoms with E-state index in [1.54, 1.807) is 36.8 Å². The predicted octanol–water partition coefficient (Wildman–Crippen LogP) is 5.15. The third kappa shape index (κ3) is 3.91. The van der Waals surface area contributed by atoms with Gasteiger partial charge in [-0.05, 0) is 55.5 Å². The molecule has 2 heterocycles. The maximum Gasteiger partial charge on any atom is 0.255 e. The van der Waals surface area contributed by atoms with E-state index in [1.807, 2.05) is 66.2 Å². The van der Waals surface area contributed by atoms with E-state index in [0.717, 1.165) is 22.4 Å². The van der Waals surface area contributed by atoms with Gasteiger partial charge in [0.05, 0.1) is 17.7 Å². The lowest BCUT2D eigenvalue weighted by molar-refractivity contribution is 0.102. The highest BCUT2D eigenvalue weighted by molar-refractivity contribution is 6.05. The van der Waals surface area contributed by atoms with E-state index in [2.05, 4.69) is 20.5 Å². The van der Waals surface area contributed by atoms with Crippen molar-refractivity contribution in [2.75, 3.05) is 5.32 Å². The van der Waals surface area contributed by atoms with Gasteiger partial charge < -0.3 is 14.3 Å². The fourth-order valence-corrected chi connectivity index (χ4v) is 3.40. The summed E-state index contributed by atoms with van der Waals surface area (Å²) in [5.74, 6) is 0.649. The molecule has 5 rings (SSSR count). The summed E-state index contributed by atoms with van der Waals surface area (Å²) in [6.45, 7) is 2.01. The number of imidazole rings is 1. The standard InChI is InChI=1S/C25H19N5O2/c1-17-5-4-6-20(15-17)25-29-28-24(32-25)19-11-9-18(10-12-19)23(31)27-21-7-2-3-8-22(21)30-14-13-26-16-30/h2-16H,1H3,(H,27,31). The molecule has 0 aliphatic rings. The van der Waals surface area contributed by atoms with E-state index in [-0.39, 0.29) is 5.91 Å². The second kappa shape index (κ2) is 8.31. The molecule has 0 aliphatic heterocycles. The fourth-order valence-electron chi connectivity index (χ4n) is 3.40. The number of hydrogen-bond donors (Lipinski definition) is 1. The highest BCUT2D eigenvalue weighted by Crippen LogP contribution is 2.25. The average molecular weight is 421 g/mol. The molecule has 0 saturated carbocycles. The molecule has 32 heavy (non-hydrogen) atoms. The number of carbonyl (C=O) groups excluding carboxylic acids is 1. The van der Waals surface area contributed by atoms with E-state index in [0.29, 0.717) is 23.0 Å². The number of carbonyl (C=O) groups is 1. The van der Waals surface area contributed by atoms with Gasteiger partial charge in [0.15, 0.2) is 0 Å². The van der Waals surface area contributed by atoms with Crippen molar-refractivity contribution < 1.29 is 9.21 Å². The highest BCUT2D eigenvalue weighted by Gasteiger charge is 2.13. The van der Waals surface area contributed by atoms with Crippen LogP contribution in [0.25, 0.3) is 28.6 Å². The summed E-state index contributed by atoms with van der Waals surface area (Å²) in [5, 5.41) is 11.3. The Balaban J connectivity index is 1.34. The lowest BCUT2D eigenvalue weighted by Crippen LogP contribution is -2.13. The van der Waals surface area contributed by atoms with Gasteiger partial charge in [0.1, 0.15) is 0 Å². The summed E-state index contributed by atoms with van der Waals surface area (Å²) in [5.41, 5.74) is 4.78. The van der Waals surface area contributed by atoms with Gasteiger partial charge in [-0.2, -0.15) is 0 Å².